The van der Waals surface area contributed by atoms with E-state index in [2.05, 4.69) is 0 Å². The summed E-state index contributed by atoms with van der Waals surface area (Å²) in [6.07, 6.45) is 0.511. The molecule has 0 saturated carbocycles. The Labute approximate surface area is 222 Å². The molecule has 37 heavy (non-hydrogen) atoms. The van der Waals surface area contributed by atoms with E-state index < -0.39 is 5.41 Å². The molecule has 0 fully saturated rings. The van der Waals surface area contributed by atoms with E-state index in [1.807, 2.05) is 36.4 Å². The molecule has 0 bridgehead atoms. The van der Waals surface area contributed by atoms with Gasteiger partial charge in [0.15, 0.2) is 5.76 Å². The van der Waals surface area contributed by atoms with Gasteiger partial charge in [-0.15, -0.1) is 0 Å². The first-order chi connectivity index (χ1) is 17.6. The Kier molecular flexibility index (Phi) is 5.20. The van der Waals surface area contributed by atoms with E-state index in [1.165, 1.54) is 4.57 Å². The molecule has 0 aliphatic heterocycles. The van der Waals surface area contributed by atoms with E-state index in [1.54, 1.807) is 39.0 Å². The van der Waals surface area contributed by atoms with Crippen LogP contribution in [0.3, 0.4) is 0 Å². The Morgan fingerprint density at radius 2 is 1.62 bits per heavy atom. The van der Waals surface area contributed by atoms with E-state index in [-0.39, 0.29) is 34.7 Å². The molecule has 2 N–H and O–H groups in total. The maximum Gasteiger partial charge on any atom is 0.229 e. The highest BCUT2D eigenvalue weighted by molar-refractivity contribution is 6.33. The van der Waals surface area contributed by atoms with Crippen LogP contribution < -0.4 is 0 Å². The first-order valence-corrected chi connectivity index (χ1v) is 12.5. The lowest BCUT2D eigenvalue weighted by atomic mass is 9.88. The largest absolute Gasteiger partial charge is 0.494 e. The number of halogens is 2. The smallest absolute Gasteiger partial charge is 0.229 e. The van der Waals surface area contributed by atoms with Crippen molar-refractivity contribution >= 4 is 40.1 Å². The Hall–Kier alpha value is -3.74. The number of carbonyl (C=O) groups excluding carboxylic acids is 1. The van der Waals surface area contributed by atoms with Gasteiger partial charge in [-0.05, 0) is 29.8 Å². The van der Waals surface area contributed by atoms with E-state index in [0.29, 0.717) is 44.2 Å². The molecular weight excluding hydrogens is 511 g/mol. The molecule has 1 aliphatic rings. The number of aromatic nitrogens is 2. The van der Waals surface area contributed by atoms with Crippen LogP contribution in [-0.4, -0.2) is 25.5 Å². The normalized spacial score (nSPS) is 12.7. The van der Waals surface area contributed by atoms with Crippen LogP contribution >= 0.6 is 23.2 Å². The van der Waals surface area contributed by atoms with Crippen LogP contribution in [0.2, 0.25) is 10.0 Å². The van der Waals surface area contributed by atoms with Gasteiger partial charge < -0.3 is 14.6 Å². The minimum Gasteiger partial charge on any atom is -0.494 e. The topological polar surface area (TPSA) is 88.5 Å². The lowest BCUT2D eigenvalue weighted by Gasteiger charge is -2.16. The van der Waals surface area contributed by atoms with Crippen LogP contribution in [0.15, 0.2) is 59.0 Å². The van der Waals surface area contributed by atoms with Gasteiger partial charge in [-0.1, -0.05) is 74.3 Å². The van der Waals surface area contributed by atoms with Gasteiger partial charge in [-0.2, -0.15) is 0 Å². The van der Waals surface area contributed by atoms with Gasteiger partial charge in [0.05, 0.1) is 11.1 Å². The fraction of sp³-hybridized carbons (Fsp3) is 0.172. The molecule has 6 rings (SSSR count). The number of furan rings is 1. The molecule has 0 amide bonds. The summed E-state index contributed by atoms with van der Waals surface area (Å²) in [6, 6.07) is 16.5. The zero-order valence-electron chi connectivity index (χ0n) is 20.3. The van der Waals surface area contributed by atoms with E-state index >= 15 is 0 Å². The van der Waals surface area contributed by atoms with Crippen molar-refractivity contribution in [3.05, 3.63) is 81.5 Å². The Bertz CT molecular complexity index is 1720. The average Bonchev–Trinajstić information content (AvgIpc) is 3.53. The fourth-order valence-electron chi connectivity index (χ4n) is 4.58. The minimum absolute atomic E-state index is 0.00830. The second-order valence-electron chi connectivity index (χ2n) is 10.2. The minimum atomic E-state index is -0.790. The third-order valence-corrected chi connectivity index (χ3v) is 7.19. The Balaban J connectivity index is 1.73. The highest BCUT2D eigenvalue weighted by atomic mass is 35.5. The molecule has 0 saturated heterocycles. The van der Waals surface area contributed by atoms with Crippen molar-refractivity contribution in [2.45, 2.75) is 27.2 Å². The molecule has 0 unspecified atom stereocenters. The van der Waals surface area contributed by atoms with Gasteiger partial charge in [-0.3, -0.25) is 4.79 Å². The number of hydrogen-bond acceptors (Lipinski definition) is 5. The van der Waals surface area contributed by atoms with Crippen molar-refractivity contribution in [2.75, 3.05) is 0 Å². The summed E-state index contributed by atoms with van der Waals surface area (Å²) in [4.78, 5) is 18.4. The highest BCUT2D eigenvalue weighted by Crippen LogP contribution is 2.50. The van der Waals surface area contributed by atoms with Crippen LogP contribution in [0, 0.1) is 5.41 Å². The summed E-state index contributed by atoms with van der Waals surface area (Å²) in [5.41, 5.74) is 3.74. The average molecular weight is 533 g/mol. The SMILES string of the molecule is CC(C)(C)C(=O)c1oc2nc(-c3ccccc3Cl)c(-c3ccc(Cl)cc3)cc2c1-n1c(O)c2c(c1O)C2. The third-order valence-electron chi connectivity index (χ3n) is 6.61. The Morgan fingerprint density at radius 1 is 0.973 bits per heavy atom. The summed E-state index contributed by atoms with van der Waals surface area (Å²) in [6.45, 7) is 5.35. The number of rotatable bonds is 4. The molecule has 0 radical (unpaired) electrons. The number of hydrogen-bond donors (Lipinski definition) is 2. The molecule has 6 nitrogen and oxygen atoms in total. The number of fused-ring (bicyclic) bond motifs is 2. The second-order valence-corrected chi connectivity index (χ2v) is 11.0. The summed E-state index contributed by atoms with van der Waals surface area (Å²) in [5.74, 6) is -0.499. The highest BCUT2D eigenvalue weighted by Gasteiger charge is 2.39. The molecule has 2 aromatic carbocycles. The van der Waals surface area contributed by atoms with Crippen molar-refractivity contribution in [1.82, 2.24) is 9.55 Å². The lowest BCUT2D eigenvalue weighted by molar-refractivity contribution is 0.0830. The number of carbonyl (C=O) groups is 1. The standard InChI is InChI=1S/C29H22Cl2N2O4/c1-29(2,3)25(34)24-23(33-27(35)18-13-19(18)28(33)36)20-12-17(14-8-10-15(30)11-9-14)22(32-26(20)37-24)16-6-4-5-7-21(16)31/h4-12,35-36H,13H2,1-3H3. The van der Waals surface area contributed by atoms with Gasteiger partial charge in [0.1, 0.15) is 5.69 Å². The van der Waals surface area contributed by atoms with Gasteiger partial charge in [0.25, 0.3) is 0 Å². The molecule has 8 heteroatoms. The quantitative estimate of drug-likeness (QED) is 0.226. The van der Waals surface area contributed by atoms with E-state index in [0.717, 1.165) is 11.1 Å². The molecule has 3 heterocycles. The van der Waals surface area contributed by atoms with Gasteiger partial charge in [-0.25, -0.2) is 9.55 Å². The van der Waals surface area contributed by atoms with Crippen LogP contribution in [0.1, 0.15) is 42.5 Å². The number of ketones is 1. The Morgan fingerprint density at radius 3 is 2.24 bits per heavy atom. The number of Topliss-reactive ketones (excluding diaryl/α,β-unsaturated/α-hetero) is 1. The number of benzene rings is 2. The molecule has 1 aliphatic carbocycles. The van der Waals surface area contributed by atoms with Crippen LogP contribution in [0.5, 0.6) is 11.8 Å². The molecule has 186 valence electrons. The van der Waals surface area contributed by atoms with Gasteiger partial charge in [0, 0.05) is 44.1 Å². The molecule has 5 aromatic rings. The molecule has 0 atom stereocenters. The van der Waals surface area contributed by atoms with Crippen molar-refractivity contribution in [3.63, 3.8) is 0 Å². The first kappa shape index (κ1) is 23.6. The summed E-state index contributed by atoms with van der Waals surface area (Å²) in [5, 5.41) is 23.3. The van der Waals surface area contributed by atoms with E-state index in [4.69, 9.17) is 32.6 Å². The van der Waals surface area contributed by atoms with Gasteiger partial charge >= 0.3 is 0 Å². The van der Waals surface area contributed by atoms with E-state index in [9.17, 15) is 15.0 Å². The maximum atomic E-state index is 13.5. The number of nitrogens with zero attached hydrogens (tertiary/aromatic N) is 2. The first-order valence-electron chi connectivity index (χ1n) is 11.7. The zero-order valence-corrected chi connectivity index (χ0v) is 21.8. The lowest BCUT2D eigenvalue weighted by Crippen LogP contribution is -2.21. The second kappa shape index (κ2) is 8.13. The monoisotopic (exact) mass is 532 g/mol. The zero-order chi connectivity index (χ0) is 26.2. The number of aromatic hydroxyl groups is 2. The van der Waals surface area contributed by atoms with Crippen molar-refractivity contribution in [1.29, 1.82) is 0 Å². The summed E-state index contributed by atoms with van der Waals surface area (Å²) >= 11 is 12.7. The van der Waals surface area contributed by atoms with Crippen molar-refractivity contribution < 1.29 is 19.4 Å². The summed E-state index contributed by atoms with van der Waals surface area (Å²) in [7, 11) is 0. The maximum absolute atomic E-state index is 13.5. The fourth-order valence-corrected chi connectivity index (χ4v) is 4.93. The van der Waals surface area contributed by atoms with Gasteiger partial charge in [0.2, 0.25) is 23.3 Å². The predicted molar refractivity (Wildman–Crippen MR) is 144 cm³/mol. The van der Waals surface area contributed by atoms with Crippen molar-refractivity contribution in [2.24, 2.45) is 5.41 Å². The van der Waals surface area contributed by atoms with Crippen LogP contribution in [-0.2, 0) is 6.42 Å². The summed E-state index contributed by atoms with van der Waals surface area (Å²) < 4.78 is 7.40. The number of pyridine rings is 1. The molecule has 0 spiro atoms. The third kappa shape index (κ3) is 3.71. The van der Waals surface area contributed by atoms with Crippen LogP contribution in [0.4, 0.5) is 0 Å². The molecule has 3 aromatic heterocycles. The van der Waals surface area contributed by atoms with Crippen molar-refractivity contribution in [3.8, 4) is 39.8 Å². The van der Waals surface area contributed by atoms with Crippen LogP contribution in [0.25, 0.3) is 39.2 Å². The predicted octanol–water partition coefficient (Wildman–Crippen LogP) is 7.80. The molecular formula is C29H22Cl2N2O4.